The molecule has 2 nitrogen and oxygen atoms in total. The maximum absolute atomic E-state index is 6.55. The highest BCUT2D eigenvalue weighted by Gasteiger charge is 2.26. The molecule has 0 amide bonds. The average molecular weight is 599 g/mol. The fourth-order valence-electron chi connectivity index (χ4n) is 7.36. The highest BCUT2D eigenvalue weighted by molar-refractivity contribution is 6.38. The molecule has 0 atom stereocenters. The minimum Gasteiger partial charge on any atom is -0.496 e. The third kappa shape index (κ3) is 5.43. The molecule has 0 aromatic heterocycles. The Morgan fingerprint density at radius 3 is 1.24 bits per heavy atom. The second-order valence-corrected chi connectivity index (χ2v) is 12.5. The fourth-order valence-corrected chi connectivity index (χ4v) is 7.36. The Labute approximate surface area is 270 Å². The van der Waals surface area contributed by atoms with Gasteiger partial charge in [0.25, 0.3) is 0 Å². The fraction of sp³-hybridized carbons (Fsp3) is 0.349. The van der Waals surface area contributed by atoms with E-state index in [1.54, 1.807) is 7.11 Å². The van der Waals surface area contributed by atoms with Crippen molar-refractivity contribution in [2.75, 3.05) is 13.7 Å². The molecule has 0 saturated carbocycles. The first-order valence-corrected chi connectivity index (χ1v) is 16.9. The van der Waals surface area contributed by atoms with E-state index < -0.39 is 0 Å². The summed E-state index contributed by atoms with van der Waals surface area (Å²) in [6.07, 6.45) is 7.87. The minimum absolute atomic E-state index is 0.577. The number of hydrogen-bond donors (Lipinski definition) is 0. The van der Waals surface area contributed by atoms with Crippen LogP contribution < -0.4 is 9.47 Å². The minimum atomic E-state index is 0.577. The van der Waals surface area contributed by atoms with Gasteiger partial charge in [0.2, 0.25) is 0 Å². The van der Waals surface area contributed by atoms with Gasteiger partial charge < -0.3 is 9.47 Å². The molecule has 0 heterocycles. The summed E-state index contributed by atoms with van der Waals surface area (Å²) in [6.45, 7) is 29.9. The molecule has 0 saturated heterocycles. The van der Waals surface area contributed by atoms with Crippen LogP contribution in [0.1, 0.15) is 108 Å². The SMILES string of the molecule is C=C(CCC)c1ccc2c3c(OCC)cc(C(=C)CCC)c4c(C(=C)CCC)ccc(c5c(OC)cc(C(=C)CCC)c1c25)c43. The first-order chi connectivity index (χ1) is 21.8. The van der Waals surface area contributed by atoms with Crippen LogP contribution in [0.3, 0.4) is 0 Å². The van der Waals surface area contributed by atoms with Crippen molar-refractivity contribution >= 4 is 65.4 Å². The zero-order valence-electron chi connectivity index (χ0n) is 28.5. The van der Waals surface area contributed by atoms with E-state index in [9.17, 15) is 0 Å². The van der Waals surface area contributed by atoms with Crippen LogP contribution >= 0.6 is 0 Å². The van der Waals surface area contributed by atoms with Crippen molar-refractivity contribution in [2.45, 2.75) is 86.0 Å². The van der Waals surface area contributed by atoms with Gasteiger partial charge in [0.05, 0.1) is 13.7 Å². The Morgan fingerprint density at radius 2 is 0.867 bits per heavy atom. The first-order valence-electron chi connectivity index (χ1n) is 16.9. The molecule has 0 aliphatic heterocycles. The van der Waals surface area contributed by atoms with E-state index in [-0.39, 0.29) is 0 Å². The van der Waals surface area contributed by atoms with Gasteiger partial charge in [-0.2, -0.15) is 0 Å². The molecule has 0 aliphatic rings. The Kier molecular flexibility index (Phi) is 9.73. The first kappa shape index (κ1) is 32.4. The molecular weight excluding hydrogens is 548 g/mol. The highest BCUT2D eigenvalue weighted by Crippen LogP contribution is 2.53. The normalized spacial score (nSPS) is 11.6. The maximum Gasteiger partial charge on any atom is 0.128 e. The number of methoxy groups -OCH3 is 1. The van der Waals surface area contributed by atoms with Gasteiger partial charge in [0, 0.05) is 21.5 Å². The molecule has 2 heteroatoms. The lowest BCUT2D eigenvalue weighted by Crippen LogP contribution is -2.02. The van der Waals surface area contributed by atoms with Crippen molar-refractivity contribution in [3.8, 4) is 11.5 Å². The molecule has 0 fully saturated rings. The maximum atomic E-state index is 6.55. The van der Waals surface area contributed by atoms with Gasteiger partial charge in [-0.25, -0.2) is 0 Å². The van der Waals surface area contributed by atoms with Crippen LogP contribution in [0.25, 0.3) is 65.4 Å². The van der Waals surface area contributed by atoms with Crippen LogP contribution in [0.2, 0.25) is 0 Å². The summed E-state index contributed by atoms with van der Waals surface area (Å²) in [7, 11) is 1.79. The lowest BCUT2D eigenvalue weighted by atomic mass is 9.80. The number of ether oxygens (including phenoxy) is 2. The Bertz CT molecular complexity index is 1950. The van der Waals surface area contributed by atoms with Crippen molar-refractivity contribution in [1.29, 1.82) is 0 Å². The summed E-state index contributed by atoms with van der Waals surface area (Å²) < 4.78 is 12.8. The standard InChI is InChI=1S/C43H50O2/c1-11-16-26(6)30-21-23-33-41-37(45-15-5)25-35(29(9)19-14-4)39-31(27(7)17-12-2)20-22-32(43(39)41)40-36(44-10)24-34(28(8)18-13-3)38(30)42(33)40/h20-25H,6-9,11-19H2,1-5,10H3. The van der Waals surface area contributed by atoms with Gasteiger partial charge in [0.1, 0.15) is 11.5 Å². The summed E-state index contributed by atoms with van der Waals surface area (Å²) in [5, 5.41) is 9.47. The van der Waals surface area contributed by atoms with Gasteiger partial charge in [-0.3, -0.25) is 0 Å². The Hall–Kier alpha value is -4.04. The third-order valence-electron chi connectivity index (χ3n) is 9.28. The number of allylic oxidation sites excluding steroid dienone is 4. The molecule has 5 rings (SSSR count). The lowest BCUT2D eigenvalue weighted by Gasteiger charge is -2.26. The van der Waals surface area contributed by atoms with Crippen molar-refractivity contribution < 1.29 is 9.47 Å². The van der Waals surface area contributed by atoms with Gasteiger partial charge >= 0.3 is 0 Å². The van der Waals surface area contributed by atoms with Crippen LogP contribution in [0.4, 0.5) is 0 Å². The summed E-state index contributed by atoms with van der Waals surface area (Å²) in [5.41, 5.74) is 9.29. The number of benzene rings is 5. The Balaban J connectivity index is 2.14. The van der Waals surface area contributed by atoms with Crippen molar-refractivity contribution in [2.24, 2.45) is 0 Å². The van der Waals surface area contributed by atoms with Gasteiger partial charge in [0.15, 0.2) is 0 Å². The second-order valence-electron chi connectivity index (χ2n) is 12.5. The molecule has 0 aliphatic carbocycles. The van der Waals surface area contributed by atoms with Crippen LogP contribution in [0.5, 0.6) is 11.5 Å². The molecule has 234 valence electrons. The van der Waals surface area contributed by atoms with Crippen LogP contribution in [-0.2, 0) is 0 Å². The molecule has 0 spiro atoms. The van der Waals surface area contributed by atoms with Crippen LogP contribution in [0, 0.1) is 0 Å². The number of hydrogen-bond acceptors (Lipinski definition) is 2. The van der Waals surface area contributed by atoms with E-state index >= 15 is 0 Å². The number of fused-ring (bicyclic) bond motifs is 2. The molecule has 0 bridgehead atoms. The van der Waals surface area contributed by atoms with E-state index in [1.807, 2.05) is 0 Å². The molecular formula is C43H50O2. The van der Waals surface area contributed by atoms with E-state index in [1.165, 1.54) is 43.4 Å². The van der Waals surface area contributed by atoms with E-state index in [0.29, 0.717) is 6.61 Å². The molecule has 45 heavy (non-hydrogen) atoms. The summed E-state index contributed by atoms with van der Waals surface area (Å²) in [4.78, 5) is 0. The van der Waals surface area contributed by atoms with Gasteiger partial charge in [-0.15, -0.1) is 0 Å². The summed E-state index contributed by atoms with van der Waals surface area (Å²) in [5.74, 6) is 1.78. The lowest BCUT2D eigenvalue weighted by molar-refractivity contribution is 0.344. The molecule has 5 aromatic carbocycles. The quantitative estimate of drug-likeness (QED) is 0.0881. The van der Waals surface area contributed by atoms with Crippen molar-refractivity contribution in [3.63, 3.8) is 0 Å². The van der Waals surface area contributed by atoms with Crippen molar-refractivity contribution in [1.82, 2.24) is 0 Å². The third-order valence-corrected chi connectivity index (χ3v) is 9.28. The highest BCUT2D eigenvalue weighted by atomic mass is 16.5. The zero-order chi connectivity index (χ0) is 32.4. The van der Waals surface area contributed by atoms with E-state index in [0.717, 1.165) is 107 Å². The van der Waals surface area contributed by atoms with E-state index in [2.05, 4.69) is 97.3 Å². The second kappa shape index (κ2) is 13.5. The topological polar surface area (TPSA) is 18.5 Å². The number of rotatable bonds is 15. The molecule has 0 unspecified atom stereocenters. The Morgan fingerprint density at radius 1 is 0.489 bits per heavy atom. The van der Waals surface area contributed by atoms with Crippen molar-refractivity contribution in [3.05, 3.63) is 85.0 Å². The van der Waals surface area contributed by atoms with Crippen LogP contribution in [0.15, 0.2) is 62.7 Å². The monoisotopic (exact) mass is 598 g/mol. The predicted molar refractivity (Wildman–Crippen MR) is 201 cm³/mol. The molecule has 0 N–H and O–H groups in total. The van der Waals surface area contributed by atoms with E-state index in [4.69, 9.17) is 9.47 Å². The van der Waals surface area contributed by atoms with Crippen LogP contribution in [-0.4, -0.2) is 13.7 Å². The average Bonchev–Trinajstić information content (AvgIpc) is 3.03. The predicted octanol–water partition coefficient (Wildman–Crippen LogP) is 13.4. The summed E-state index contributed by atoms with van der Waals surface area (Å²) in [6, 6.07) is 13.6. The summed E-state index contributed by atoms with van der Waals surface area (Å²) >= 11 is 0. The zero-order valence-corrected chi connectivity index (χ0v) is 28.5. The molecule has 5 aromatic rings. The smallest absolute Gasteiger partial charge is 0.128 e. The largest absolute Gasteiger partial charge is 0.496 e. The van der Waals surface area contributed by atoms with Gasteiger partial charge in [-0.05, 0) is 111 Å². The molecule has 0 radical (unpaired) electrons. The van der Waals surface area contributed by atoms with Gasteiger partial charge in [-0.1, -0.05) is 104 Å².